The van der Waals surface area contributed by atoms with Gasteiger partial charge in [0.05, 0.1) is 0 Å². The Kier molecular flexibility index (Phi) is 27.8. The SMILES string of the molecule is CN1CC(NC(=O)N(CC(F)(F)F)C(F)(F)C(F)(F)F)CC2c3cccc4[nH]c(C(F)(F)F)c(c34)CC21.CN1CC(NC(=O)N(CC(F)(F)F)C(F)(F)C(F)(F)F)CC2c3cccc4[nH]cc(c34)CC21.CN1CC(NC(=O)N(CC(F)(F)F)CC(F)(F)F)CC2c3cccc4[nH]c(C(F)(F)F)c(c34)CC21.CN1CC(NC(=O)N(CC(F)(F)F)CC(F)(F)F)CC2c3cccc4[nH]cc(c34)CC21. The summed E-state index contributed by atoms with van der Waals surface area (Å²) in [5.74, 6) is -1.16. The zero-order valence-corrected chi connectivity index (χ0v) is 70.8. The van der Waals surface area contributed by atoms with Crippen molar-refractivity contribution in [3.8, 4) is 0 Å². The van der Waals surface area contributed by atoms with Crippen molar-refractivity contribution >= 4 is 67.7 Å². The number of carbonyl (C=O) groups is 4. The van der Waals surface area contributed by atoms with Crippen molar-refractivity contribution in [2.24, 2.45) is 0 Å². The first-order valence-corrected chi connectivity index (χ1v) is 41.4. The number of benzene rings is 4. The lowest BCUT2D eigenvalue weighted by atomic mass is 9.73. The third kappa shape index (κ3) is 22.5. The van der Waals surface area contributed by atoms with E-state index in [1.54, 1.807) is 37.2 Å². The Hall–Kier alpha value is -10.4. The molecule has 752 valence electrons. The van der Waals surface area contributed by atoms with Crippen LogP contribution in [0, 0.1) is 0 Å². The number of hydrogen-bond donors (Lipinski definition) is 8. The molecule has 12 atom stereocenters. The highest BCUT2D eigenvalue weighted by molar-refractivity contribution is 5.93. The number of aromatic nitrogens is 4. The fraction of sp³-hybridized carbons (Fsp3) is 0.561. The van der Waals surface area contributed by atoms with Crippen molar-refractivity contribution in [1.29, 1.82) is 0 Å². The fourth-order valence-corrected chi connectivity index (χ4v) is 20.4. The fourth-order valence-electron chi connectivity index (χ4n) is 20.4. The van der Waals surface area contributed by atoms with E-state index in [1.165, 1.54) is 35.7 Å². The van der Waals surface area contributed by atoms with E-state index in [0.29, 0.717) is 46.8 Å². The number of hydrogen-bond acceptors (Lipinski definition) is 8. The second-order valence-electron chi connectivity index (χ2n) is 35.1. The van der Waals surface area contributed by atoms with Gasteiger partial charge in [-0.3, -0.25) is 0 Å². The summed E-state index contributed by atoms with van der Waals surface area (Å²) in [5.41, 5.74) is 6.05. The first-order chi connectivity index (χ1) is 62.4. The van der Waals surface area contributed by atoms with Crippen LogP contribution in [-0.4, -0.2) is 287 Å². The molecule has 4 aliphatic heterocycles. The number of fused-ring (bicyclic) bond motifs is 8. The molecule has 16 rings (SSSR count). The van der Waals surface area contributed by atoms with Crippen LogP contribution in [0.1, 0.15) is 105 Å². The molecular weight excluding hydrogens is 1920 g/mol. The topological polar surface area (TPSA) is 205 Å². The third-order valence-electron chi connectivity index (χ3n) is 25.6. The summed E-state index contributed by atoms with van der Waals surface area (Å²) in [7, 11) is 6.63. The summed E-state index contributed by atoms with van der Waals surface area (Å²) in [6, 6.07) is -3.02. The van der Waals surface area contributed by atoms with E-state index in [1.807, 2.05) is 76.3 Å². The second-order valence-corrected chi connectivity index (χ2v) is 35.1. The van der Waals surface area contributed by atoms with Crippen molar-refractivity contribution in [2.45, 2.75) is 197 Å². The summed E-state index contributed by atoms with van der Waals surface area (Å²) in [5, 5.41) is 11.3. The number of nitrogens with zero attached hydrogens (tertiary/aromatic N) is 8. The number of halogens is 34. The number of likely N-dealkylation sites (tertiary alicyclic amines) is 4. The highest BCUT2D eigenvalue weighted by atomic mass is 19.5. The van der Waals surface area contributed by atoms with Crippen LogP contribution >= 0.6 is 0 Å². The summed E-state index contributed by atoms with van der Waals surface area (Å²) >= 11 is 0. The van der Waals surface area contributed by atoms with Crippen molar-refractivity contribution in [1.82, 2.24) is 80.4 Å². The number of amides is 8. The van der Waals surface area contributed by atoms with Crippen molar-refractivity contribution in [3.63, 3.8) is 0 Å². The van der Waals surface area contributed by atoms with Gasteiger partial charge in [0.1, 0.15) is 50.7 Å². The Morgan fingerprint density at radius 2 is 0.566 bits per heavy atom. The van der Waals surface area contributed by atoms with E-state index in [4.69, 9.17) is 0 Å². The Bertz CT molecular complexity index is 5630. The first kappa shape index (κ1) is 103. The minimum absolute atomic E-state index is 0.00901. The molecule has 136 heavy (non-hydrogen) atoms. The van der Waals surface area contributed by atoms with E-state index in [2.05, 4.69) is 30.6 Å². The molecule has 12 unspecified atom stereocenters. The molecule has 4 aromatic heterocycles. The normalized spacial score (nSPS) is 23.6. The van der Waals surface area contributed by atoms with Crippen LogP contribution in [0.4, 0.5) is 168 Å². The number of likely N-dealkylation sites (N-methyl/N-ethyl adjacent to an activating group) is 4. The van der Waals surface area contributed by atoms with Gasteiger partial charge in [0, 0.05) is 154 Å². The highest BCUT2D eigenvalue weighted by Gasteiger charge is 2.67. The van der Waals surface area contributed by atoms with Gasteiger partial charge in [-0.25, -0.2) is 29.0 Å². The highest BCUT2D eigenvalue weighted by Crippen LogP contribution is 2.53. The van der Waals surface area contributed by atoms with Crippen LogP contribution in [0.2, 0.25) is 0 Å². The molecule has 0 radical (unpaired) electrons. The monoisotopic (exact) mass is 2000 g/mol. The smallest absolute Gasteiger partial charge is 0.361 e. The average molecular weight is 2000 g/mol. The van der Waals surface area contributed by atoms with Gasteiger partial charge in [0.15, 0.2) is 0 Å². The maximum Gasteiger partial charge on any atom is 0.475 e. The molecule has 0 saturated carbocycles. The van der Waals surface area contributed by atoms with Gasteiger partial charge in [-0.1, -0.05) is 48.5 Å². The number of alkyl halides is 34. The van der Waals surface area contributed by atoms with Crippen molar-refractivity contribution in [2.75, 3.05) is 93.6 Å². The number of carbonyl (C=O) groups excluding carboxylic acids is 4. The minimum atomic E-state index is -6.47. The Morgan fingerprint density at radius 3 is 0.816 bits per heavy atom. The van der Waals surface area contributed by atoms with E-state index < -0.39 is 195 Å². The van der Waals surface area contributed by atoms with Crippen LogP contribution in [0.3, 0.4) is 0 Å². The van der Waals surface area contributed by atoms with Gasteiger partial charge >= 0.3 is 98.0 Å². The molecule has 8 N–H and O–H groups in total. The lowest BCUT2D eigenvalue weighted by Gasteiger charge is -2.46. The molecule has 4 saturated heterocycles. The van der Waals surface area contributed by atoms with Gasteiger partial charge in [0.2, 0.25) is 0 Å². The maximum absolute atomic E-state index is 13.8. The molecule has 20 nitrogen and oxygen atoms in total. The Morgan fingerprint density at radius 1 is 0.324 bits per heavy atom. The zero-order valence-electron chi connectivity index (χ0n) is 70.8. The van der Waals surface area contributed by atoms with Gasteiger partial charge in [0.25, 0.3) is 0 Å². The maximum atomic E-state index is 13.8. The zero-order chi connectivity index (χ0) is 101. The summed E-state index contributed by atoms with van der Waals surface area (Å²) in [6.45, 7) is -13.4. The molecule has 54 heteroatoms. The summed E-state index contributed by atoms with van der Waals surface area (Å²) in [6.07, 6.45) is -47.1. The molecule has 8 aliphatic rings. The average Bonchev–Trinajstić information content (AvgIpc) is 1.56. The van der Waals surface area contributed by atoms with Gasteiger partial charge in [-0.05, 0) is 148 Å². The van der Waals surface area contributed by atoms with Crippen LogP contribution in [0.25, 0.3) is 43.6 Å². The molecule has 8 amide bonds. The number of nitrogens with one attached hydrogen (secondary N) is 8. The quantitative estimate of drug-likeness (QED) is 0.0435. The first-order valence-electron chi connectivity index (χ1n) is 41.4. The molecule has 4 aliphatic carbocycles. The van der Waals surface area contributed by atoms with Crippen LogP contribution in [0.15, 0.2) is 85.2 Å². The lowest BCUT2D eigenvalue weighted by molar-refractivity contribution is -0.338. The van der Waals surface area contributed by atoms with Crippen LogP contribution < -0.4 is 21.3 Å². The number of rotatable bonds is 12. The molecule has 4 fully saturated rings. The van der Waals surface area contributed by atoms with Gasteiger partial charge in [-0.15, -0.1) is 0 Å². The molecule has 8 heterocycles. The molecule has 4 aromatic carbocycles. The number of H-pyrrole nitrogens is 4. The van der Waals surface area contributed by atoms with E-state index in [0.717, 1.165) is 44.9 Å². The van der Waals surface area contributed by atoms with Crippen molar-refractivity contribution in [3.05, 3.63) is 141 Å². The van der Waals surface area contributed by atoms with E-state index >= 15 is 0 Å². The van der Waals surface area contributed by atoms with E-state index in [9.17, 15) is 168 Å². The largest absolute Gasteiger partial charge is 0.475 e. The molecular formula is C82H82F34N16O4. The minimum Gasteiger partial charge on any atom is -0.361 e. The number of urea groups is 4. The Labute approximate surface area is 746 Å². The van der Waals surface area contributed by atoms with Gasteiger partial charge in [-0.2, -0.15) is 149 Å². The number of piperidine rings is 4. The summed E-state index contributed by atoms with van der Waals surface area (Å²) < 4.78 is 443. The predicted molar refractivity (Wildman–Crippen MR) is 417 cm³/mol. The Balaban J connectivity index is 0.000000154. The van der Waals surface area contributed by atoms with E-state index in [-0.39, 0.29) is 114 Å². The van der Waals surface area contributed by atoms with Crippen LogP contribution in [-0.2, 0) is 38.0 Å². The second kappa shape index (κ2) is 36.7. The predicted octanol–water partition coefficient (Wildman–Crippen LogP) is 19.3. The molecule has 0 spiro atoms. The molecule has 0 bridgehead atoms. The third-order valence-corrected chi connectivity index (χ3v) is 25.6. The summed E-state index contributed by atoms with van der Waals surface area (Å²) in [4.78, 5) is 64.0. The standard InChI is InChI=1S/C21H19F11N4O.C21H21F9N4O.C20H20F8N4O.C20H22F6N4O/c1-35-7-9(33-17(37)36(8-18(22,23)24)21(31,32)20(28,29)30)5-11-10-3-2-4-13-15(10)12(6-14(11)35)16(34-13)19(25,26)27;1-33-7-10(31-18(35)34(8-19(22,23)24)9-20(25,26)27)5-12-11-3-2-4-14-16(11)13(6-15(12)33)17(32-14)21(28,29)30;1-31-8-11(30-17(33)32(9-18(21,22)23)20(27,28)19(24,25)26)6-13-12-3-2-4-14-16(12)10(7-29-14)5-15(13)31;1-29-8-12(28-18(31)30(9-19(21,22)23)10-20(24,25)26)6-14-13-3-2-4-15-17(13)11(7-27-15)5-16(14)29/h2-4,9,11,14,34H,5-8H2,1H3,(H,33,37);2-4,10,12,15,32H,5-9H2,1H3,(H,31,35);2-4,7,11,13,15,29H,5-6,8-9H2,1H3,(H,30,33);2-4,7,12,14,16,27H,5-6,8-10H2,1H3,(H,28,31). The molecule has 8 aromatic rings. The van der Waals surface area contributed by atoms with Gasteiger partial charge < -0.3 is 70.6 Å². The lowest BCUT2D eigenvalue weighted by Crippen LogP contribution is -2.63. The van der Waals surface area contributed by atoms with Crippen LogP contribution in [0.5, 0.6) is 0 Å². The van der Waals surface area contributed by atoms with Crippen molar-refractivity contribution < 1.29 is 168 Å². The number of aromatic amines is 4.